The van der Waals surface area contributed by atoms with Gasteiger partial charge in [-0.3, -0.25) is 4.79 Å². The fraction of sp³-hybridized carbons (Fsp3) is 0.300. The first-order chi connectivity index (χ1) is 11.8. The Labute approximate surface area is 141 Å². The quantitative estimate of drug-likeness (QED) is 0.850. The molecule has 2 aromatic carbocycles. The minimum Gasteiger partial charge on any atom is -0.387 e. The van der Waals surface area contributed by atoms with Crippen LogP contribution in [0.1, 0.15) is 35.2 Å². The number of hydrogen-bond donors (Lipinski definition) is 0. The van der Waals surface area contributed by atoms with E-state index in [-0.39, 0.29) is 11.5 Å². The van der Waals surface area contributed by atoms with Crippen LogP contribution in [0.4, 0.5) is 0 Å². The van der Waals surface area contributed by atoms with Crippen LogP contribution in [-0.4, -0.2) is 35.2 Å². The van der Waals surface area contributed by atoms with Gasteiger partial charge in [0.05, 0.1) is 12.3 Å². The average Bonchev–Trinajstić information content (AvgIpc) is 3.06. The Kier molecular flexibility index (Phi) is 3.81. The van der Waals surface area contributed by atoms with Crippen LogP contribution in [-0.2, 0) is 4.84 Å². The van der Waals surface area contributed by atoms with Gasteiger partial charge in [-0.25, -0.2) is 0 Å². The molecular weight excluding hydrogens is 300 g/mol. The van der Waals surface area contributed by atoms with E-state index in [1.165, 1.54) is 0 Å². The smallest absolute Gasteiger partial charge is 0.253 e. The highest BCUT2D eigenvalue weighted by atomic mass is 16.7. The lowest BCUT2D eigenvalue weighted by Gasteiger charge is -2.38. The number of rotatable bonds is 2. The molecule has 1 saturated heterocycles. The van der Waals surface area contributed by atoms with E-state index in [4.69, 9.17) is 4.84 Å². The number of piperidine rings is 1. The van der Waals surface area contributed by atoms with Crippen molar-refractivity contribution in [3.63, 3.8) is 0 Å². The molecule has 24 heavy (non-hydrogen) atoms. The molecule has 0 N–H and O–H groups in total. The topological polar surface area (TPSA) is 41.9 Å². The summed E-state index contributed by atoms with van der Waals surface area (Å²) in [7, 11) is 0. The van der Waals surface area contributed by atoms with Gasteiger partial charge in [0.2, 0.25) is 0 Å². The first-order valence-corrected chi connectivity index (χ1v) is 8.41. The predicted molar refractivity (Wildman–Crippen MR) is 93.0 cm³/mol. The normalized spacial score (nSPS) is 23.0. The van der Waals surface area contributed by atoms with Gasteiger partial charge in [0.15, 0.2) is 5.60 Å². The number of amides is 1. The lowest BCUT2D eigenvalue weighted by Crippen LogP contribution is -2.50. The summed E-state index contributed by atoms with van der Waals surface area (Å²) < 4.78 is 0. The number of carbonyl (C=O) groups is 1. The molecule has 1 spiro atoms. The van der Waals surface area contributed by atoms with Crippen LogP contribution < -0.4 is 0 Å². The van der Waals surface area contributed by atoms with Crippen molar-refractivity contribution < 1.29 is 9.63 Å². The third kappa shape index (κ3) is 2.80. The summed E-state index contributed by atoms with van der Waals surface area (Å²) in [6.45, 7) is 1.38. The number of oxime groups is 1. The molecule has 2 aromatic rings. The second-order valence-corrected chi connectivity index (χ2v) is 6.55. The van der Waals surface area contributed by atoms with Crippen molar-refractivity contribution in [2.24, 2.45) is 5.16 Å². The molecule has 1 amide bonds. The third-order valence-electron chi connectivity index (χ3n) is 4.79. The lowest BCUT2D eigenvalue weighted by atomic mass is 9.86. The first-order valence-electron chi connectivity index (χ1n) is 8.41. The Hall–Kier alpha value is -2.62. The number of carbonyl (C=O) groups excluding carboxylic acids is 1. The van der Waals surface area contributed by atoms with E-state index in [2.05, 4.69) is 17.3 Å². The van der Waals surface area contributed by atoms with E-state index < -0.39 is 0 Å². The van der Waals surface area contributed by atoms with Gasteiger partial charge in [0, 0.05) is 18.5 Å². The summed E-state index contributed by atoms with van der Waals surface area (Å²) in [5, 5.41) is 4.33. The van der Waals surface area contributed by atoms with Crippen molar-refractivity contribution in [1.29, 1.82) is 0 Å². The van der Waals surface area contributed by atoms with Crippen molar-refractivity contribution in [3.8, 4) is 0 Å². The monoisotopic (exact) mass is 320 g/mol. The number of likely N-dealkylation sites (tertiary alicyclic amines) is 1. The van der Waals surface area contributed by atoms with Crippen LogP contribution in [0.2, 0.25) is 0 Å². The van der Waals surface area contributed by atoms with Gasteiger partial charge < -0.3 is 9.74 Å². The largest absolute Gasteiger partial charge is 0.387 e. The van der Waals surface area contributed by atoms with Gasteiger partial charge in [-0.15, -0.1) is 0 Å². The number of benzene rings is 2. The summed E-state index contributed by atoms with van der Waals surface area (Å²) in [6.07, 6.45) is 2.64. The van der Waals surface area contributed by atoms with Gasteiger partial charge in [-0.05, 0) is 30.5 Å². The van der Waals surface area contributed by atoms with Crippen LogP contribution in [0.15, 0.2) is 65.8 Å². The molecule has 122 valence electrons. The fourth-order valence-corrected chi connectivity index (χ4v) is 3.56. The lowest BCUT2D eigenvalue weighted by molar-refractivity contribution is -0.0618. The molecule has 2 heterocycles. The zero-order valence-corrected chi connectivity index (χ0v) is 13.5. The summed E-state index contributed by atoms with van der Waals surface area (Å²) >= 11 is 0. The molecule has 0 bridgehead atoms. The second kappa shape index (κ2) is 6.11. The second-order valence-electron chi connectivity index (χ2n) is 6.55. The Balaban J connectivity index is 1.49. The zero-order chi connectivity index (χ0) is 16.4. The molecule has 0 radical (unpaired) electrons. The van der Waals surface area contributed by atoms with E-state index in [0.29, 0.717) is 6.54 Å². The molecule has 1 atom stereocenters. The number of nitrogens with zero attached hydrogens (tertiary/aromatic N) is 2. The van der Waals surface area contributed by atoms with Crippen molar-refractivity contribution >= 4 is 11.6 Å². The highest BCUT2D eigenvalue weighted by Crippen LogP contribution is 2.35. The molecule has 0 aromatic heterocycles. The van der Waals surface area contributed by atoms with E-state index in [1.54, 1.807) is 0 Å². The number of hydrogen-bond acceptors (Lipinski definition) is 3. The summed E-state index contributed by atoms with van der Waals surface area (Å²) in [5.74, 6) is 0.0754. The Bertz CT molecular complexity index is 758. The summed E-state index contributed by atoms with van der Waals surface area (Å²) in [4.78, 5) is 20.5. The van der Waals surface area contributed by atoms with Gasteiger partial charge >= 0.3 is 0 Å². The Morgan fingerprint density at radius 2 is 1.75 bits per heavy atom. The van der Waals surface area contributed by atoms with E-state index in [0.717, 1.165) is 42.6 Å². The van der Waals surface area contributed by atoms with Crippen molar-refractivity contribution in [1.82, 2.24) is 4.90 Å². The maximum atomic E-state index is 12.7. The van der Waals surface area contributed by atoms with Crippen LogP contribution in [0, 0.1) is 0 Å². The van der Waals surface area contributed by atoms with Crippen molar-refractivity contribution in [2.45, 2.75) is 24.9 Å². The molecule has 1 unspecified atom stereocenters. The highest BCUT2D eigenvalue weighted by Gasteiger charge is 2.44. The maximum Gasteiger partial charge on any atom is 0.253 e. The van der Waals surface area contributed by atoms with Crippen LogP contribution >= 0.6 is 0 Å². The minimum atomic E-state index is -0.367. The molecule has 4 heteroatoms. The molecular formula is C20H20N2O2. The van der Waals surface area contributed by atoms with E-state index in [9.17, 15) is 4.79 Å². The van der Waals surface area contributed by atoms with E-state index in [1.807, 2.05) is 53.4 Å². The molecule has 1 fully saturated rings. The van der Waals surface area contributed by atoms with Gasteiger partial charge in [0.1, 0.15) is 0 Å². The summed E-state index contributed by atoms with van der Waals surface area (Å²) in [6, 6.07) is 19.6. The summed E-state index contributed by atoms with van der Waals surface area (Å²) in [5.41, 5.74) is 2.44. The minimum absolute atomic E-state index is 0.0754. The Morgan fingerprint density at radius 3 is 2.50 bits per heavy atom. The third-order valence-corrected chi connectivity index (χ3v) is 4.79. The predicted octanol–water partition coefficient (Wildman–Crippen LogP) is 3.49. The van der Waals surface area contributed by atoms with Crippen molar-refractivity contribution in [3.05, 3.63) is 71.8 Å². The molecule has 0 saturated carbocycles. The molecule has 4 rings (SSSR count). The average molecular weight is 320 g/mol. The molecule has 4 nitrogen and oxygen atoms in total. The SMILES string of the molecule is O=C(c1ccccc1)N1CCCC2(CC(c3ccccc3)=NO2)C1. The van der Waals surface area contributed by atoms with E-state index >= 15 is 0 Å². The van der Waals surface area contributed by atoms with Gasteiger partial charge in [-0.2, -0.15) is 0 Å². The van der Waals surface area contributed by atoms with Crippen LogP contribution in [0.25, 0.3) is 0 Å². The zero-order valence-electron chi connectivity index (χ0n) is 13.5. The standard InChI is InChI=1S/C20H20N2O2/c23-19(17-10-5-2-6-11-17)22-13-7-12-20(15-22)14-18(21-24-20)16-8-3-1-4-9-16/h1-6,8-11H,7,12-15H2. The Morgan fingerprint density at radius 1 is 1.04 bits per heavy atom. The van der Waals surface area contributed by atoms with Gasteiger partial charge in [-0.1, -0.05) is 53.7 Å². The van der Waals surface area contributed by atoms with Crippen molar-refractivity contribution in [2.75, 3.05) is 13.1 Å². The molecule has 0 aliphatic carbocycles. The van der Waals surface area contributed by atoms with Gasteiger partial charge in [0.25, 0.3) is 5.91 Å². The first kappa shape index (κ1) is 14.9. The maximum absolute atomic E-state index is 12.7. The molecule has 2 aliphatic heterocycles. The molecule has 2 aliphatic rings. The fourth-order valence-electron chi connectivity index (χ4n) is 3.56. The van der Waals surface area contributed by atoms with Crippen LogP contribution in [0.5, 0.6) is 0 Å². The highest BCUT2D eigenvalue weighted by molar-refractivity contribution is 6.01. The van der Waals surface area contributed by atoms with Crippen LogP contribution in [0.3, 0.4) is 0 Å².